The van der Waals surface area contributed by atoms with Gasteiger partial charge in [-0.2, -0.15) is 0 Å². The van der Waals surface area contributed by atoms with Gasteiger partial charge in [-0.3, -0.25) is 9.97 Å². The van der Waals surface area contributed by atoms with E-state index in [0.29, 0.717) is 13.2 Å². The van der Waals surface area contributed by atoms with Gasteiger partial charge in [0.1, 0.15) is 12.4 Å². The lowest BCUT2D eigenvalue weighted by molar-refractivity contribution is 0.145. The maximum Gasteiger partial charge on any atom is 0.124 e. The van der Waals surface area contributed by atoms with Crippen molar-refractivity contribution in [3.63, 3.8) is 0 Å². The van der Waals surface area contributed by atoms with Crippen molar-refractivity contribution in [2.24, 2.45) is 0 Å². The van der Waals surface area contributed by atoms with Gasteiger partial charge in [0.05, 0.1) is 30.2 Å². The van der Waals surface area contributed by atoms with Crippen LogP contribution in [0.15, 0.2) is 36.7 Å². The number of aromatic nitrogens is 2. The SMILES string of the molecule is CNC(c1cnc(C)cn1)c1ccccc1OCCOC. The first-order valence-corrected chi connectivity index (χ1v) is 6.92. The quantitative estimate of drug-likeness (QED) is 0.791. The first-order chi connectivity index (χ1) is 10.3. The third-order valence-corrected chi connectivity index (χ3v) is 3.16. The lowest BCUT2D eigenvalue weighted by Gasteiger charge is -2.19. The normalized spacial score (nSPS) is 12.1. The van der Waals surface area contributed by atoms with E-state index in [4.69, 9.17) is 9.47 Å². The van der Waals surface area contributed by atoms with Crippen LogP contribution in [0.4, 0.5) is 0 Å². The molecule has 0 amide bonds. The topological polar surface area (TPSA) is 56.3 Å². The van der Waals surface area contributed by atoms with Crippen LogP contribution in [0.25, 0.3) is 0 Å². The number of benzene rings is 1. The molecular weight excluding hydrogens is 266 g/mol. The van der Waals surface area contributed by atoms with Crippen molar-refractivity contribution in [1.29, 1.82) is 0 Å². The average Bonchev–Trinajstić information content (AvgIpc) is 2.51. The zero-order valence-corrected chi connectivity index (χ0v) is 12.7. The van der Waals surface area contributed by atoms with Crippen LogP contribution < -0.4 is 10.1 Å². The van der Waals surface area contributed by atoms with E-state index in [1.165, 1.54) is 0 Å². The number of methoxy groups -OCH3 is 1. The molecule has 1 aromatic carbocycles. The number of aryl methyl sites for hydroxylation is 1. The van der Waals surface area contributed by atoms with E-state index in [2.05, 4.69) is 15.3 Å². The molecule has 5 nitrogen and oxygen atoms in total. The van der Waals surface area contributed by atoms with Crippen LogP contribution in [0.5, 0.6) is 5.75 Å². The molecule has 0 saturated carbocycles. The van der Waals surface area contributed by atoms with Gasteiger partial charge in [0.2, 0.25) is 0 Å². The summed E-state index contributed by atoms with van der Waals surface area (Å²) in [6.45, 7) is 3.00. The smallest absolute Gasteiger partial charge is 0.124 e. The Balaban J connectivity index is 2.27. The van der Waals surface area contributed by atoms with E-state index in [0.717, 1.165) is 22.7 Å². The monoisotopic (exact) mass is 287 g/mol. The summed E-state index contributed by atoms with van der Waals surface area (Å²) in [5.74, 6) is 0.830. The third kappa shape index (κ3) is 4.00. The van der Waals surface area contributed by atoms with Crippen LogP contribution in [0.1, 0.15) is 23.0 Å². The van der Waals surface area contributed by atoms with Crippen molar-refractivity contribution in [3.8, 4) is 5.75 Å². The maximum absolute atomic E-state index is 5.79. The molecule has 1 unspecified atom stereocenters. The molecule has 0 aliphatic rings. The number of nitrogens with one attached hydrogen (secondary N) is 1. The summed E-state index contributed by atoms with van der Waals surface area (Å²) in [6.07, 6.45) is 3.57. The Morgan fingerprint density at radius 1 is 1.14 bits per heavy atom. The van der Waals surface area contributed by atoms with E-state index in [1.807, 2.05) is 38.2 Å². The Labute approximate surface area is 125 Å². The minimum atomic E-state index is -0.0585. The second kappa shape index (κ2) is 7.71. The minimum absolute atomic E-state index is 0.0585. The molecule has 0 aliphatic carbocycles. The summed E-state index contributed by atoms with van der Waals surface area (Å²) in [5.41, 5.74) is 2.80. The van der Waals surface area contributed by atoms with Crippen LogP contribution in [0.3, 0.4) is 0 Å². The van der Waals surface area contributed by atoms with Crippen molar-refractivity contribution >= 4 is 0 Å². The largest absolute Gasteiger partial charge is 0.491 e. The molecule has 2 rings (SSSR count). The number of nitrogens with zero attached hydrogens (tertiary/aromatic N) is 2. The number of hydrogen-bond acceptors (Lipinski definition) is 5. The first-order valence-electron chi connectivity index (χ1n) is 6.92. The summed E-state index contributed by atoms with van der Waals surface area (Å²) in [4.78, 5) is 8.77. The number of hydrogen-bond donors (Lipinski definition) is 1. The van der Waals surface area contributed by atoms with Crippen molar-refractivity contribution < 1.29 is 9.47 Å². The molecule has 0 aliphatic heterocycles. The number of ether oxygens (including phenoxy) is 2. The highest BCUT2D eigenvalue weighted by atomic mass is 16.5. The summed E-state index contributed by atoms with van der Waals surface area (Å²) in [6, 6.07) is 7.88. The predicted octanol–water partition coefficient (Wildman–Crippen LogP) is 2.12. The molecule has 2 aromatic rings. The first kappa shape index (κ1) is 15.4. The molecule has 0 fully saturated rings. The molecule has 0 radical (unpaired) electrons. The van der Waals surface area contributed by atoms with Gasteiger partial charge in [-0.25, -0.2) is 0 Å². The van der Waals surface area contributed by atoms with E-state index >= 15 is 0 Å². The molecule has 1 atom stereocenters. The number of rotatable bonds is 7. The van der Waals surface area contributed by atoms with Crippen molar-refractivity contribution in [1.82, 2.24) is 15.3 Å². The molecule has 1 aromatic heterocycles. The van der Waals surface area contributed by atoms with Gasteiger partial charge in [0.15, 0.2) is 0 Å². The molecule has 0 bridgehead atoms. The number of para-hydroxylation sites is 1. The van der Waals surface area contributed by atoms with Gasteiger partial charge in [-0.05, 0) is 20.0 Å². The molecule has 0 spiro atoms. The lowest BCUT2D eigenvalue weighted by Crippen LogP contribution is -2.20. The van der Waals surface area contributed by atoms with Gasteiger partial charge in [-0.1, -0.05) is 18.2 Å². The second-order valence-corrected chi connectivity index (χ2v) is 4.68. The summed E-state index contributed by atoms with van der Waals surface area (Å²) in [7, 11) is 3.56. The summed E-state index contributed by atoms with van der Waals surface area (Å²) >= 11 is 0. The highest BCUT2D eigenvalue weighted by Gasteiger charge is 2.18. The molecule has 0 saturated heterocycles. The fourth-order valence-electron chi connectivity index (χ4n) is 2.10. The third-order valence-electron chi connectivity index (χ3n) is 3.16. The van der Waals surface area contributed by atoms with Gasteiger partial charge in [0.25, 0.3) is 0 Å². The Morgan fingerprint density at radius 2 is 1.95 bits per heavy atom. The molecular formula is C16H21N3O2. The second-order valence-electron chi connectivity index (χ2n) is 4.68. The van der Waals surface area contributed by atoms with Crippen LogP contribution in [0.2, 0.25) is 0 Å². The Kier molecular flexibility index (Phi) is 5.66. The van der Waals surface area contributed by atoms with Gasteiger partial charge in [-0.15, -0.1) is 0 Å². The Hall–Kier alpha value is -1.98. The van der Waals surface area contributed by atoms with Crippen LogP contribution in [-0.4, -0.2) is 37.3 Å². The summed E-state index contributed by atoms with van der Waals surface area (Å²) in [5, 5.41) is 3.27. The van der Waals surface area contributed by atoms with E-state index in [9.17, 15) is 0 Å². The maximum atomic E-state index is 5.79. The minimum Gasteiger partial charge on any atom is -0.491 e. The fraction of sp³-hybridized carbons (Fsp3) is 0.375. The van der Waals surface area contributed by atoms with Crippen molar-refractivity contribution in [2.75, 3.05) is 27.4 Å². The molecule has 1 heterocycles. The van der Waals surface area contributed by atoms with Gasteiger partial charge >= 0.3 is 0 Å². The highest BCUT2D eigenvalue weighted by Crippen LogP contribution is 2.28. The van der Waals surface area contributed by atoms with Crippen LogP contribution >= 0.6 is 0 Å². The zero-order chi connectivity index (χ0) is 15.1. The standard InChI is InChI=1S/C16H21N3O2/c1-12-10-19-14(11-18-12)16(17-2)13-6-4-5-7-15(13)21-9-8-20-3/h4-7,10-11,16-17H,8-9H2,1-3H3. The van der Waals surface area contributed by atoms with Crippen LogP contribution in [-0.2, 0) is 4.74 Å². The average molecular weight is 287 g/mol. The van der Waals surface area contributed by atoms with Crippen molar-refractivity contribution in [3.05, 3.63) is 53.6 Å². The molecule has 112 valence electrons. The van der Waals surface area contributed by atoms with Crippen molar-refractivity contribution in [2.45, 2.75) is 13.0 Å². The van der Waals surface area contributed by atoms with E-state index in [-0.39, 0.29) is 6.04 Å². The predicted molar refractivity (Wildman–Crippen MR) is 81.5 cm³/mol. The van der Waals surface area contributed by atoms with Gasteiger partial charge in [0, 0.05) is 18.9 Å². The zero-order valence-electron chi connectivity index (χ0n) is 12.7. The molecule has 5 heteroatoms. The fourth-order valence-corrected chi connectivity index (χ4v) is 2.10. The van der Waals surface area contributed by atoms with Crippen LogP contribution in [0, 0.1) is 6.92 Å². The molecule has 21 heavy (non-hydrogen) atoms. The highest BCUT2D eigenvalue weighted by molar-refractivity contribution is 5.39. The van der Waals surface area contributed by atoms with E-state index in [1.54, 1.807) is 19.5 Å². The lowest BCUT2D eigenvalue weighted by atomic mass is 10.0. The summed E-state index contributed by atoms with van der Waals surface area (Å²) < 4.78 is 10.8. The Bertz CT molecular complexity index is 558. The Morgan fingerprint density at radius 3 is 2.62 bits per heavy atom. The van der Waals surface area contributed by atoms with E-state index < -0.39 is 0 Å². The molecule has 1 N–H and O–H groups in total. The van der Waals surface area contributed by atoms with Gasteiger partial charge < -0.3 is 14.8 Å².